The summed E-state index contributed by atoms with van der Waals surface area (Å²) >= 11 is 1.76. The van der Waals surface area contributed by atoms with Crippen LogP contribution in [0, 0.1) is 13.8 Å². The zero-order valence-corrected chi connectivity index (χ0v) is 14.3. The number of nitrogens with zero attached hydrogens (tertiary/aromatic N) is 1. The Bertz CT molecular complexity index is 577. The minimum absolute atomic E-state index is 0.247. The molecule has 2 rings (SSSR count). The first-order chi connectivity index (χ1) is 10.0. The summed E-state index contributed by atoms with van der Waals surface area (Å²) < 4.78 is 5.48. The van der Waals surface area contributed by atoms with Crippen LogP contribution in [0.5, 0.6) is 5.75 Å². The summed E-state index contributed by atoms with van der Waals surface area (Å²) in [7, 11) is 0. The van der Waals surface area contributed by atoms with Crippen LogP contribution in [0.4, 0.5) is 0 Å². The predicted octanol–water partition coefficient (Wildman–Crippen LogP) is 4.57. The smallest absolute Gasteiger partial charge is 0.119 e. The highest BCUT2D eigenvalue weighted by Crippen LogP contribution is 2.25. The van der Waals surface area contributed by atoms with Gasteiger partial charge in [0.25, 0.3) is 0 Å². The average molecular weight is 304 g/mol. The van der Waals surface area contributed by atoms with Gasteiger partial charge in [-0.25, -0.2) is 4.98 Å². The second-order valence-electron chi connectivity index (χ2n) is 5.29. The third-order valence-electron chi connectivity index (χ3n) is 3.54. The van der Waals surface area contributed by atoms with Crippen molar-refractivity contribution in [3.8, 4) is 5.75 Å². The molecule has 0 fully saturated rings. The Labute approximate surface area is 131 Å². The van der Waals surface area contributed by atoms with Crippen LogP contribution in [0.3, 0.4) is 0 Å². The zero-order valence-electron chi connectivity index (χ0n) is 13.4. The molecule has 2 aromatic rings. The molecule has 0 aliphatic carbocycles. The molecule has 21 heavy (non-hydrogen) atoms. The van der Waals surface area contributed by atoms with Crippen molar-refractivity contribution in [2.24, 2.45) is 0 Å². The Morgan fingerprint density at radius 1 is 1.14 bits per heavy atom. The summed E-state index contributed by atoms with van der Waals surface area (Å²) in [5, 5.41) is 4.75. The van der Waals surface area contributed by atoms with Crippen molar-refractivity contribution >= 4 is 11.3 Å². The van der Waals surface area contributed by atoms with Gasteiger partial charge in [-0.2, -0.15) is 0 Å². The van der Waals surface area contributed by atoms with Crippen molar-refractivity contribution in [1.29, 1.82) is 0 Å². The Morgan fingerprint density at radius 2 is 1.81 bits per heavy atom. The van der Waals surface area contributed by atoms with E-state index in [2.05, 4.69) is 50.1 Å². The van der Waals surface area contributed by atoms with E-state index in [0.717, 1.165) is 16.5 Å². The van der Waals surface area contributed by atoms with E-state index in [0.29, 0.717) is 6.61 Å². The van der Waals surface area contributed by atoms with Crippen LogP contribution in [-0.2, 0) is 0 Å². The molecule has 4 heteroatoms. The van der Waals surface area contributed by atoms with Gasteiger partial charge in [0.15, 0.2) is 0 Å². The van der Waals surface area contributed by atoms with Crippen molar-refractivity contribution in [1.82, 2.24) is 10.3 Å². The summed E-state index contributed by atoms with van der Waals surface area (Å²) in [4.78, 5) is 5.93. The van der Waals surface area contributed by atoms with E-state index >= 15 is 0 Å². The summed E-state index contributed by atoms with van der Waals surface area (Å²) in [5.41, 5.74) is 2.42. The SMILES string of the molecule is CCOc1ccc(C(C)NC(C)c2nc(C)sc2C)cc1. The molecule has 1 aromatic carbocycles. The molecule has 114 valence electrons. The lowest BCUT2D eigenvalue weighted by molar-refractivity contribution is 0.340. The highest BCUT2D eigenvalue weighted by molar-refractivity contribution is 7.11. The molecular formula is C17H24N2OS. The molecule has 0 spiro atoms. The molecule has 2 unspecified atom stereocenters. The third kappa shape index (κ3) is 4.05. The van der Waals surface area contributed by atoms with Crippen LogP contribution in [0.1, 0.15) is 54.0 Å². The minimum atomic E-state index is 0.247. The highest BCUT2D eigenvalue weighted by atomic mass is 32.1. The largest absolute Gasteiger partial charge is 0.494 e. The lowest BCUT2D eigenvalue weighted by atomic mass is 10.1. The number of nitrogens with one attached hydrogen (secondary N) is 1. The molecule has 0 saturated heterocycles. The maximum Gasteiger partial charge on any atom is 0.119 e. The third-order valence-corrected chi connectivity index (χ3v) is 4.44. The number of hydrogen-bond donors (Lipinski definition) is 1. The van der Waals surface area contributed by atoms with Gasteiger partial charge in [-0.05, 0) is 52.3 Å². The molecule has 0 amide bonds. The van der Waals surface area contributed by atoms with Crippen molar-refractivity contribution < 1.29 is 4.74 Å². The number of aryl methyl sites for hydroxylation is 2. The second-order valence-corrected chi connectivity index (χ2v) is 6.69. The fourth-order valence-corrected chi connectivity index (χ4v) is 3.43. The average Bonchev–Trinajstić information content (AvgIpc) is 2.79. The molecule has 1 heterocycles. The van der Waals surface area contributed by atoms with Crippen LogP contribution in [-0.4, -0.2) is 11.6 Å². The molecule has 0 radical (unpaired) electrons. The monoisotopic (exact) mass is 304 g/mol. The van der Waals surface area contributed by atoms with Crippen molar-refractivity contribution in [3.05, 3.63) is 45.4 Å². The molecule has 2 atom stereocenters. The minimum Gasteiger partial charge on any atom is -0.494 e. The number of aromatic nitrogens is 1. The van der Waals surface area contributed by atoms with Gasteiger partial charge in [-0.3, -0.25) is 0 Å². The lowest BCUT2D eigenvalue weighted by Crippen LogP contribution is -2.23. The molecule has 0 aliphatic rings. The fraction of sp³-hybridized carbons (Fsp3) is 0.471. The van der Waals surface area contributed by atoms with Crippen molar-refractivity contribution in [2.75, 3.05) is 6.61 Å². The molecule has 0 aliphatic heterocycles. The first-order valence-corrected chi connectivity index (χ1v) is 8.25. The maximum absolute atomic E-state index is 5.48. The van der Waals surface area contributed by atoms with Gasteiger partial charge in [0.1, 0.15) is 5.75 Å². The number of hydrogen-bond acceptors (Lipinski definition) is 4. The van der Waals surface area contributed by atoms with Crippen LogP contribution in [0.25, 0.3) is 0 Å². The van der Waals surface area contributed by atoms with Gasteiger partial charge < -0.3 is 10.1 Å². The fourth-order valence-electron chi connectivity index (χ4n) is 2.52. The van der Waals surface area contributed by atoms with E-state index < -0.39 is 0 Å². The second kappa shape index (κ2) is 7.05. The quantitative estimate of drug-likeness (QED) is 0.849. The van der Waals surface area contributed by atoms with Gasteiger partial charge in [0, 0.05) is 17.0 Å². The molecular weight excluding hydrogens is 280 g/mol. The van der Waals surface area contributed by atoms with Crippen LogP contribution >= 0.6 is 11.3 Å². The zero-order chi connectivity index (χ0) is 15.4. The summed E-state index contributed by atoms with van der Waals surface area (Å²) in [6, 6.07) is 8.82. The Morgan fingerprint density at radius 3 is 2.33 bits per heavy atom. The first kappa shape index (κ1) is 16.0. The van der Waals surface area contributed by atoms with Gasteiger partial charge in [-0.1, -0.05) is 12.1 Å². The Hall–Kier alpha value is -1.39. The number of ether oxygens (including phenoxy) is 1. The standard InChI is InChI=1S/C17H24N2OS/c1-6-20-16-9-7-15(8-10-16)11(2)18-12(3)17-13(4)21-14(5)19-17/h7-12,18H,6H2,1-5H3. The van der Waals surface area contributed by atoms with E-state index in [-0.39, 0.29) is 12.1 Å². The highest BCUT2D eigenvalue weighted by Gasteiger charge is 2.16. The summed E-state index contributed by atoms with van der Waals surface area (Å²) in [5.74, 6) is 0.924. The Balaban J connectivity index is 2.03. The van der Waals surface area contributed by atoms with E-state index in [1.54, 1.807) is 11.3 Å². The molecule has 0 saturated carbocycles. The van der Waals surface area contributed by atoms with Gasteiger partial charge in [-0.15, -0.1) is 11.3 Å². The van der Waals surface area contributed by atoms with Gasteiger partial charge >= 0.3 is 0 Å². The van der Waals surface area contributed by atoms with Crippen LogP contribution < -0.4 is 10.1 Å². The summed E-state index contributed by atoms with van der Waals surface area (Å²) in [6.07, 6.45) is 0. The predicted molar refractivity (Wildman–Crippen MR) is 89.2 cm³/mol. The Kier molecular flexibility index (Phi) is 5.37. The number of benzene rings is 1. The first-order valence-electron chi connectivity index (χ1n) is 7.44. The molecule has 1 N–H and O–H groups in total. The van der Waals surface area contributed by atoms with Crippen LogP contribution in [0.15, 0.2) is 24.3 Å². The normalized spacial score (nSPS) is 14.0. The lowest BCUT2D eigenvalue weighted by Gasteiger charge is -2.20. The van der Waals surface area contributed by atoms with Crippen LogP contribution in [0.2, 0.25) is 0 Å². The number of rotatable bonds is 6. The number of thiazole rings is 1. The molecule has 3 nitrogen and oxygen atoms in total. The van der Waals surface area contributed by atoms with Crippen molar-refractivity contribution in [3.63, 3.8) is 0 Å². The van der Waals surface area contributed by atoms with E-state index in [1.807, 2.05) is 19.1 Å². The molecule has 1 aromatic heterocycles. The maximum atomic E-state index is 5.48. The summed E-state index contributed by atoms with van der Waals surface area (Å²) in [6.45, 7) is 11.3. The van der Waals surface area contributed by atoms with Gasteiger partial charge in [0.2, 0.25) is 0 Å². The van der Waals surface area contributed by atoms with E-state index in [4.69, 9.17) is 4.74 Å². The van der Waals surface area contributed by atoms with Gasteiger partial charge in [0.05, 0.1) is 17.3 Å². The molecule has 0 bridgehead atoms. The van der Waals surface area contributed by atoms with E-state index in [1.165, 1.54) is 10.4 Å². The van der Waals surface area contributed by atoms with Crippen molar-refractivity contribution in [2.45, 2.75) is 46.7 Å². The van der Waals surface area contributed by atoms with E-state index in [9.17, 15) is 0 Å². The topological polar surface area (TPSA) is 34.1 Å².